The molecule has 3 rings (SSSR count). The Labute approximate surface area is 145 Å². The molecular weight excluding hydrogens is 320 g/mol. The van der Waals surface area contributed by atoms with E-state index in [1.807, 2.05) is 10.8 Å². The van der Waals surface area contributed by atoms with Gasteiger partial charge in [-0.05, 0) is 18.1 Å². The van der Waals surface area contributed by atoms with E-state index in [1.165, 1.54) is 6.20 Å². The van der Waals surface area contributed by atoms with Crippen LogP contribution in [0.25, 0.3) is 0 Å². The van der Waals surface area contributed by atoms with Gasteiger partial charge in [-0.15, -0.1) is 0 Å². The first-order chi connectivity index (χ1) is 12.2. The Morgan fingerprint density at radius 3 is 3.08 bits per heavy atom. The number of anilines is 3. The Morgan fingerprint density at radius 1 is 1.44 bits per heavy atom. The number of amides is 2. The van der Waals surface area contributed by atoms with Gasteiger partial charge in [0, 0.05) is 32.4 Å². The summed E-state index contributed by atoms with van der Waals surface area (Å²) in [6, 6.07) is 5.14. The molecule has 1 aliphatic rings. The van der Waals surface area contributed by atoms with Crippen LogP contribution in [0.15, 0.2) is 24.5 Å². The molecule has 0 aliphatic carbocycles. The van der Waals surface area contributed by atoms with E-state index in [9.17, 15) is 4.79 Å². The summed E-state index contributed by atoms with van der Waals surface area (Å²) in [5.74, 6) is 2.01. The van der Waals surface area contributed by atoms with Gasteiger partial charge < -0.3 is 21.3 Å². The Hall–Kier alpha value is -3.28. The standard InChI is InChI=1S/C16H20N8O/c1-11-7-21-15-13(9-22-24(15)10-11)23-16(25)19-5-4-18-14-3-2-12(6-17)8-20-14/h2-3,8-9,11,21H,4-5,7,10H2,1H3,(H,18,20)(H2,19,23,25)/t11-/m0/s1. The first kappa shape index (κ1) is 16.6. The second kappa shape index (κ2) is 7.53. The molecule has 25 heavy (non-hydrogen) atoms. The lowest BCUT2D eigenvalue weighted by Gasteiger charge is -2.22. The highest BCUT2D eigenvalue weighted by Crippen LogP contribution is 2.25. The minimum atomic E-state index is -0.286. The smallest absolute Gasteiger partial charge is 0.319 e. The maximum Gasteiger partial charge on any atom is 0.319 e. The van der Waals surface area contributed by atoms with E-state index < -0.39 is 0 Å². The van der Waals surface area contributed by atoms with Crippen LogP contribution in [0.3, 0.4) is 0 Å². The lowest BCUT2D eigenvalue weighted by atomic mass is 10.1. The number of aromatic nitrogens is 3. The molecule has 2 amide bonds. The van der Waals surface area contributed by atoms with Crippen LogP contribution in [0.4, 0.5) is 22.1 Å². The van der Waals surface area contributed by atoms with Crippen molar-refractivity contribution in [1.29, 1.82) is 5.26 Å². The largest absolute Gasteiger partial charge is 0.368 e. The Bertz CT molecular complexity index is 776. The van der Waals surface area contributed by atoms with Crippen molar-refractivity contribution >= 4 is 23.4 Å². The van der Waals surface area contributed by atoms with E-state index >= 15 is 0 Å². The van der Waals surface area contributed by atoms with Crippen molar-refractivity contribution in [2.24, 2.45) is 5.92 Å². The molecular formula is C16H20N8O. The van der Waals surface area contributed by atoms with Crippen molar-refractivity contribution in [3.8, 4) is 6.07 Å². The molecule has 0 spiro atoms. The van der Waals surface area contributed by atoms with Crippen LogP contribution in [0.5, 0.6) is 0 Å². The van der Waals surface area contributed by atoms with Gasteiger partial charge >= 0.3 is 6.03 Å². The monoisotopic (exact) mass is 340 g/mol. The number of rotatable bonds is 5. The highest BCUT2D eigenvalue weighted by Gasteiger charge is 2.19. The molecule has 0 radical (unpaired) electrons. The van der Waals surface area contributed by atoms with Crippen molar-refractivity contribution in [3.63, 3.8) is 0 Å². The van der Waals surface area contributed by atoms with Gasteiger partial charge in [-0.3, -0.25) is 0 Å². The molecule has 0 saturated carbocycles. The summed E-state index contributed by atoms with van der Waals surface area (Å²) in [5.41, 5.74) is 1.18. The number of nitriles is 1. The summed E-state index contributed by atoms with van der Waals surface area (Å²) in [4.78, 5) is 16.1. The summed E-state index contributed by atoms with van der Waals surface area (Å²) < 4.78 is 1.86. The molecule has 0 aromatic carbocycles. The van der Waals surface area contributed by atoms with E-state index in [-0.39, 0.29) is 6.03 Å². The fourth-order valence-corrected chi connectivity index (χ4v) is 2.53. The quantitative estimate of drug-likeness (QED) is 0.612. The third-order valence-electron chi connectivity index (χ3n) is 3.80. The lowest BCUT2D eigenvalue weighted by molar-refractivity contribution is 0.252. The Morgan fingerprint density at radius 2 is 2.32 bits per heavy atom. The van der Waals surface area contributed by atoms with Crippen molar-refractivity contribution in [2.75, 3.05) is 35.6 Å². The molecule has 1 aliphatic heterocycles. The van der Waals surface area contributed by atoms with Crippen molar-refractivity contribution in [3.05, 3.63) is 30.1 Å². The van der Waals surface area contributed by atoms with Crippen molar-refractivity contribution in [2.45, 2.75) is 13.5 Å². The summed E-state index contributed by atoms with van der Waals surface area (Å²) in [6.45, 7) is 4.81. The molecule has 0 fully saturated rings. The van der Waals surface area contributed by atoms with E-state index in [0.717, 1.165) is 18.9 Å². The van der Waals surface area contributed by atoms with Crippen LogP contribution in [0.1, 0.15) is 12.5 Å². The number of hydrogen-bond acceptors (Lipinski definition) is 6. The molecule has 2 aromatic heterocycles. The zero-order valence-electron chi connectivity index (χ0n) is 13.9. The minimum absolute atomic E-state index is 0.286. The molecule has 4 N–H and O–H groups in total. The topological polar surface area (TPSA) is 120 Å². The molecule has 9 heteroatoms. The van der Waals surface area contributed by atoms with Gasteiger partial charge in [0.05, 0.1) is 11.8 Å². The van der Waals surface area contributed by atoms with E-state index in [1.54, 1.807) is 18.3 Å². The number of nitrogens with zero attached hydrogens (tertiary/aromatic N) is 4. The van der Waals surface area contributed by atoms with Gasteiger partial charge in [0.15, 0.2) is 0 Å². The number of fused-ring (bicyclic) bond motifs is 1. The molecule has 0 unspecified atom stereocenters. The predicted octanol–water partition coefficient (Wildman–Crippen LogP) is 1.44. The average Bonchev–Trinajstić information content (AvgIpc) is 3.01. The third-order valence-corrected chi connectivity index (χ3v) is 3.80. The van der Waals surface area contributed by atoms with Crippen LogP contribution in [0, 0.1) is 17.2 Å². The number of urea groups is 1. The fourth-order valence-electron chi connectivity index (χ4n) is 2.53. The maximum atomic E-state index is 12.0. The summed E-state index contributed by atoms with van der Waals surface area (Å²) in [6.07, 6.45) is 3.15. The minimum Gasteiger partial charge on any atom is -0.368 e. The van der Waals surface area contributed by atoms with Crippen LogP contribution >= 0.6 is 0 Å². The van der Waals surface area contributed by atoms with Crippen molar-refractivity contribution in [1.82, 2.24) is 20.1 Å². The first-order valence-corrected chi connectivity index (χ1v) is 8.10. The number of carbonyl (C=O) groups is 1. The van der Waals surface area contributed by atoms with Crippen LogP contribution in [-0.2, 0) is 6.54 Å². The normalized spacial score (nSPS) is 15.4. The fraction of sp³-hybridized carbons (Fsp3) is 0.375. The van der Waals surface area contributed by atoms with Gasteiger partial charge in [0.2, 0.25) is 0 Å². The Balaban J connectivity index is 1.42. The molecule has 0 bridgehead atoms. The SMILES string of the molecule is C[C@H]1CNc2c(NC(=O)NCCNc3ccc(C#N)cn3)cnn2C1. The van der Waals surface area contributed by atoms with Gasteiger partial charge in [-0.1, -0.05) is 6.92 Å². The predicted molar refractivity (Wildman–Crippen MR) is 94.3 cm³/mol. The van der Waals surface area contributed by atoms with Crippen LogP contribution < -0.4 is 21.3 Å². The third kappa shape index (κ3) is 4.17. The second-order valence-corrected chi connectivity index (χ2v) is 5.93. The highest BCUT2D eigenvalue weighted by atomic mass is 16.2. The molecule has 130 valence electrons. The Kier molecular flexibility index (Phi) is 4.99. The summed E-state index contributed by atoms with van der Waals surface area (Å²) in [5, 5.41) is 24.9. The average molecular weight is 340 g/mol. The first-order valence-electron chi connectivity index (χ1n) is 8.10. The molecule has 2 aromatic rings. The van der Waals surface area contributed by atoms with Crippen molar-refractivity contribution < 1.29 is 4.79 Å². The molecule has 1 atom stereocenters. The van der Waals surface area contributed by atoms with E-state index in [2.05, 4.69) is 38.3 Å². The van der Waals surface area contributed by atoms with Gasteiger partial charge in [0.25, 0.3) is 0 Å². The maximum absolute atomic E-state index is 12.0. The number of nitrogens with one attached hydrogen (secondary N) is 4. The second-order valence-electron chi connectivity index (χ2n) is 5.93. The number of carbonyl (C=O) groups excluding carboxylic acids is 1. The number of hydrogen-bond donors (Lipinski definition) is 4. The highest BCUT2D eigenvalue weighted by molar-refractivity contribution is 5.92. The van der Waals surface area contributed by atoms with E-state index in [0.29, 0.717) is 36.1 Å². The lowest BCUT2D eigenvalue weighted by Crippen LogP contribution is -2.33. The molecule has 9 nitrogen and oxygen atoms in total. The zero-order valence-corrected chi connectivity index (χ0v) is 13.9. The van der Waals surface area contributed by atoms with Gasteiger partial charge in [-0.25, -0.2) is 14.5 Å². The summed E-state index contributed by atoms with van der Waals surface area (Å²) in [7, 11) is 0. The van der Waals surface area contributed by atoms with Crippen LogP contribution in [0.2, 0.25) is 0 Å². The molecule has 0 saturated heterocycles. The zero-order chi connectivity index (χ0) is 17.6. The van der Waals surface area contributed by atoms with Gasteiger partial charge in [-0.2, -0.15) is 10.4 Å². The van der Waals surface area contributed by atoms with E-state index in [4.69, 9.17) is 5.26 Å². The van der Waals surface area contributed by atoms with Crippen LogP contribution in [-0.4, -0.2) is 40.4 Å². The molecule has 3 heterocycles. The summed E-state index contributed by atoms with van der Waals surface area (Å²) >= 11 is 0. The number of pyridine rings is 1. The van der Waals surface area contributed by atoms with Gasteiger partial charge in [0.1, 0.15) is 23.4 Å².